The molecule has 1 N–H and O–H groups in total. The first kappa shape index (κ1) is 20.6. The normalized spacial score (nSPS) is 28.4. The fourth-order valence-electron chi connectivity index (χ4n) is 4.52. The van der Waals surface area contributed by atoms with Gasteiger partial charge in [-0.25, -0.2) is 0 Å². The van der Waals surface area contributed by atoms with Gasteiger partial charge in [0.1, 0.15) is 0 Å². The van der Waals surface area contributed by atoms with E-state index in [1.807, 2.05) is 18.3 Å². The van der Waals surface area contributed by atoms with Gasteiger partial charge in [-0.3, -0.25) is 19.5 Å². The minimum absolute atomic E-state index is 0. The number of carboxylic acid groups (broad SMARTS) is 1. The van der Waals surface area contributed by atoms with Gasteiger partial charge in [-0.15, -0.1) is 12.4 Å². The van der Waals surface area contributed by atoms with Crippen molar-refractivity contribution in [3.05, 3.63) is 30.1 Å². The summed E-state index contributed by atoms with van der Waals surface area (Å²) in [6, 6.07) is 6.06. The van der Waals surface area contributed by atoms with Crippen LogP contribution in [0.15, 0.2) is 24.4 Å². The van der Waals surface area contributed by atoms with Crippen LogP contribution in [0.3, 0.4) is 0 Å². The van der Waals surface area contributed by atoms with Gasteiger partial charge >= 0.3 is 5.97 Å². The third kappa shape index (κ3) is 3.86. The van der Waals surface area contributed by atoms with Crippen LogP contribution < -0.4 is 0 Å². The van der Waals surface area contributed by atoms with E-state index in [1.54, 1.807) is 4.90 Å². The first-order valence-corrected chi connectivity index (χ1v) is 8.95. The van der Waals surface area contributed by atoms with Gasteiger partial charge in [0.05, 0.1) is 17.7 Å². The lowest BCUT2D eigenvalue weighted by atomic mass is 9.65. The Kier molecular flexibility index (Phi) is 6.29. The summed E-state index contributed by atoms with van der Waals surface area (Å²) < 4.78 is 0. The zero-order valence-electron chi connectivity index (χ0n) is 15.5. The van der Waals surface area contributed by atoms with E-state index in [0.29, 0.717) is 19.5 Å². The molecule has 0 aromatic carbocycles. The maximum atomic E-state index is 12.3. The summed E-state index contributed by atoms with van der Waals surface area (Å²) >= 11 is 0. The quantitative estimate of drug-likeness (QED) is 0.848. The number of nitrogens with zero attached hydrogens (tertiary/aromatic N) is 3. The van der Waals surface area contributed by atoms with Crippen molar-refractivity contribution in [2.45, 2.75) is 44.1 Å². The zero-order valence-corrected chi connectivity index (χ0v) is 16.3. The van der Waals surface area contributed by atoms with Crippen LogP contribution in [0.5, 0.6) is 0 Å². The molecular formula is C19H28ClN3O3. The van der Waals surface area contributed by atoms with E-state index in [2.05, 4.69) is 30.0 Å². The second-order valence-electron chi connectivity index (χ2n) is 7.78. The number of amides is 1. The minimum atomic E-state index is -0.848. The maximum Gasteiger partial charge on any atom is 0.305 e. The molecule has 0 atom stereocenters. The van der Waals surface area contributed by atoms with Crippen molar-refractivity contribution in [2.75, 3.05) is 27.2 Å². The van der Waals surface area contributed by atoms with Crippen LogP contribution in [0.25, 0.3) is 0 Å². The Bertz CT molecular complexity index is 643. The molecule has 6 nitrogen and oxygen atoms in total. The van der Waals surface area contributed by atoms with Crippen molar-refractivity contribution in [3.8, 4) is 0 Å². The molecule has 7 heteroatoms. The number of aromatic nitrogens is 1. The highest BCUT2D eigenvalue weighted by atomic mass is 35.5. The van der Waals surface area contributed by atoms with Crippen molar-refractivity contribution in [3.63, 3.8) is 0 Å². The molecule has 26 heavy (non-hydrogen) atoms. The fourth-order valence-corrected chi connectivity index (χ4v) is 4.52. The Hall–Kier alpha value is -1.66. The van der Waals surface area contributed by atoms with Gasteiger partial charge in [-0.2, -0.15) is 0 Å². The van der Waals surface area contributed by atoms with Crippen LogP contribution >= 0.6 is 12.4 Å². The molecule has 2 heterocycles. The summed E-state index contributed by atoms with van der Waals surface area (Å²) in [5.74, 6) is -0.740. The summed E-state index contributed by atoms with van der Waals surface area (Å²) in [5.41, 5.74) is 1.02. The molecule has 0 bridgehead atoms. The standard InChI is InChI=1S/C19H27N3O3.ClH/c1-21(2)19(15-5-3-4-11-20-15)9-7-18(8-10-19)13-16(23)22(14-18)12-6-17(24)25;/h3-5,11H,6-10,12-14H2,1-2H3,(H,24,25);1H. The molecule has 1 saturated heterocycles. The van der Waals surface area contributed by atoms with Gasteiger partial charge < -0.3 is 10.0 Å². The van der Waals surface area contributed by atoms with Gasteiger partial charge in [0.25, 0.3) is 0 Å². The summed E-state index contributed by atoms with van der Waals surface area (Å²) in [6.07, 6.45) is 6.30. The molecule has 1 aromatic rings. The Morgan fingerprint density at radius 1 is 1.27 bits per heavy atom. The second-order valence-corrected chi connectivity index (χ2v) is 7.78. The molecule has 0 radical (unpaired) electrons. The Balaban J connectivity index is 0.00000243. The van der Waals surface area contributed by atoms with Crippen LogP contribution in [0.1, 0.15) is 44.2 Å². The molecule has 1 aliphatic heterocycles. The van der Waals surface area contributed by atoms with Gasteiger partial charge in [0.15, 0.2) is 0 Å². The molecule has 1 aromatic heterocycles. The van der Waals surface area contributed by atoms with E-state index < -0.39 is 5.97 Å². The zero-order chi connectivity index (χ0) is 18.1. The Labute approximate surface area is 161 Å². The molecule has 1 aliphatic carbocycles. The third-order valence-corrected chi connectivity index (χ3v) is 6.14. The highest BCUT2D eigenvalue weighted by Crippen LogP contribution is 2.51. The number of pyridine rings is 1. The Morgan fingerprint density at radius 3 is 2.50 bits per heavy atom. The number of hydrogen-bond donors (Lipinski definition) is 1. The summed E-state index contributed by atoms with van der Waals surface area (Å²) in [7, 11) is 4.21. The predicted octanol–water partition coefficient (Wildman–Crippen LogP) is 2.53. The summed E-state index contributed by atoms with van der Waals surface area (Å²) in [6.45, 7) is 1.03. The van der Waals surface area contributed by atoms with Gasteiger partial charge in [0.2, 0.25) is 5.91 Å². The number of aliphatic carboxylic acids is 1. The molecule has 2 fully saturated rings. The maximum absolute atomic E-state index is 12.3. The Morgan fingerprint density at radius 2 is 1.96 bits per heavy atom. The van der Waals surface area contributed by atoms with Gasteiger partial charge in [0, 0.05) is 25.7 Å². The number of carbonyl (C=O) groups is 2. The number of likely N-dealkylation sites (tertiary alicyclic amines) is 1. The summed E-state index contributed by atoms with van der Waals surface area (Å²) in [5, 5.41) is 8.87. The molecule has 1 spiro atoms. The fraction of sp³-hybridized carbons (Fsp3) is 0.632. The smallest absolute Gasteiger partial charge is 0.305 e. The molecule has 1 saturated carbocycles. The van der Waals surface area contributed by atoms with E-state index in [9.17, 15) is 9.59 Å². The average molecular weight is 382 g/mol. The second kappa shape index (κ2) is 7.92. The molecule has 2 aliphatic rings. The first-order chi connectivity index (χ1) is 11.9. The van der Waals surface area contributed by atoms with Crippen molar-refractivity contribution in [1.82, 2.24) is 14.8 Å². The topological polar surface area (TPSA) is 73.7 Å². The van der Waals surface area contributed by atoms with E-state index >= 15 is 0 Å². The lowest BCUT2D eigenvalue weighted by molar-refractivity contribution is -0.137. The van der Waals surface area contributed by atoms with Crippen LogP contribution in [0.4, 0.5) is 0 Å². The van der Waals surface area contributed by atoms with Crippen LogP contribution in [0, 0.1) is 5.41 Å². The van der Waals surface area contributed by atoms with Crippen molar-refractivity contribution in [1.29, 1.82) is 0 Å². The molecular weight excluding hydrogens is 354 g/mol. The van der Waals surface area contributed by atoms with Crippen LogP contribution in [-0.4, -0.2) is 59.0 Å². The first-order valence-electron chi connectivity index (χ1n) is 8.95. The molecule has 0 unspecified atom stereocenters. The van der Waals surface area contributed by atoms with Gasteiger partial charge in [-0.1, -0.05) is 6.07 Å². The van der Waals surface area contributed by atoms with E-state index in [4.69, 9.17) is 5.11 Å². The van der Waals surface area contributed by atoms with E-state index in [1.165, 1.54) is 0 Å². The van der Waals surface area contributed by atoms with E-state index in [-0.39, 0.29) is 35.7 Å². The molecule has 144 valence electrons. The third-order valence-electron chi connectivity index (χ3n) is 6.14. The van der Waals surface area contributed by atoms with Crippen LogP contribution in [-0.2, 0) is 15.1 Å². The van der Waals surface area contributed by atoms with Crippen LogP contribution in [0.2, 0.25) is 0 Å². The monoisotopic (exact) mass is 381 g/mol. The molecule has 1 amide bonds. The van der Waals surface area contributed by atoms with Crippen molar-refractivity contribution in [2.24, 2.45) is 5.41 Å². The minimum Gasteiger partial charge on any atom is -0.481 e. The lowest BCUT2D eigenvalue weighted by Gasteiger charge is -2.48. The predicted molar refractivity (Wildman–Crippen MR) is 101 cm³/mol. The highest BCUT2D eigenvalue weighted by molar-refractivity contribution is 5.85. The number of rotatable bonds is 5. The van der Waals surface area contributed by atoms with Gasteiger partial charge in [-0.05, 0) is 57.3 Å². The highest BCUT2D eigenvalue weighted by Gasteiger charge is 2.50. The number of halogens is 1. The lowest BCUT2D eigenvalue weighted by Crippen LogP contribution is -2.48. The number of carbonyl (C=O) groups excluding carboxylic acids is 1. The van der Waals surface area contributed by atoms with Crippen molar-refractivity contribution < 1.29 is 14.7 Å². The van der Waals surface area contributed by atoms with Crippen molar-refractivity contribution >= 4 is 24.3 Å². The number of carboxylic acids is 1. The molecule has 3 rings (SSSR count). The largest absolute Gasteiger partial charge is 0.481 e. The SMILES string of the molecule is CN(C)C1(c2ccccn2)CCC2(CC1)CC(=O)N(CCC(=O)O)C2.Cl. The van der Waals surface area contributed by atoms with E-state index in [0.717, 1.165) is 31.4 Å². The number of hydrogen-bond acceptors (Lipinski definition) is 4. The average Bonchev–Trinajstić information content (AvgIpc) is 2.90. The summed E-state index contributed by atoms with van der Waals surface area (Å²) in [4.78, 5) is 31.8.